The van der Waals surface area contributed by atoms with Crippen LogP contribution in [0.1, 0.15) is 29.3 Å². The van der Waals surface area contributed by atoms with Gasteiger partial charge in [0.05, 0.1) is 17.9 Å². The summed E-state index contributed by atoms with van der Waals surface area (Å²) < 4.78 is 5.30. The van der Waals surface area contributed by atoms with Crippen molar-refractivity contribution in [3.63, 3.8) is 0 Å². The Morgan fingerprint density at radius 2 is 2.19 bits per heavy atom. The third-order valence-electron chi connectivity index (χ3n) is 3.77. The summed E-state index contributed by atoms with van der Waals surface area (Å²) in [7, 11) is 0. The van der Waals surface area contributed by atoms with Gasteiger partial charge in [-0.05, 0) is 31.9 Å². The molecular weight excluding hydrogens is 272 g/mol. The van der Waals surface area contributed by atoms with Crippen molar-refractivity contribution in [2.24, 2.45) is 5.92 Å². The average Bonchev–Trinajstić information content (AvgIpc) is 2.94. The lowest BCUT2D eigenvalue weighted by molar-refractivity contribution is 0.0698. The molecule has 1 aliphatic heterocycles. The number of hydrogen-bond donors (Lipinski definition) is 3. The van der Waals surface area contributed by atoms with Crippen molar-refractivity contribution in [2.45, 2.75) is 26.3 Å². The minimum absolute atomic E-state index is 0.0233. The van der Waals surface area contributed by atoms with Crippen molar-refractivity contribution >= 4 is 17.7 Å². The highest BCUT2D eigenvalue weighted by Crippen LogP contribution is 2.21. The molecule has 2 rings (SSSR count). The summed E-state index contributed by atoms with van der Waals surface area (Å²) in [6.45, 7) is 5.05. The van der Waals surface area contributed by atoms with E-state index in [4.69, 9.17) is 9.84 Å². The van der Waals surface area contributed by atoms with Gasteiger partial charge >= 0.3 is 12.0 Å². The largest absolute Gasteiger partial charge is 0.478 e. The molecule has 1 saturated heterocycles. The molecule has 1 heterocycles. The van der Waals surface area contributed by atoms with E-state index >= 15 is 0 Å². The van der Waals surface area contributed by atoms with Gasteiger partial charge in [-0.15, -0.1) is 0 Å². The molecule has 0 radical (unpaired) electrons. The molecule has 3 N–H and O–H groups in total. The molecule has 0 aliphatic carbocycles. The molecule has 1 aliphatic rings. The number of nitrogens with one attached hydrogen (secondary N) is 2. The van der Waals surface area contributed by atoms with Crippen LogP contribution < -0.4 is 10.6 Å². The smallest absolute Gasteiger partial charge is 0.337 e. The second-order valence-electron chi connectivity index (χ2n) is 5.31. The molecule has 114 valence electrons. The first kappa shape index (κ1) is 15.3. The number of urea groups is 1. The molecule has 1 aromatic carbocycles. The maximum Gasteiger partial charge on any atom is 0.337 e. The van der Waals surface area contributed by atoms with Crippen LogP contribution in [0.2, 0.25) is 0 Å². The van der Waals surface area contributed by atoms with Gasteiger partial charge in [0.1, 0.15) is 0 Å². The predicted molar refractivity (Wildman–Crippen MR) is 78.7 cm³/mol. The highest BCUT2D eigenvalue weighted by Gasteiger charge is 2.24. The summed E-state index contributed by atoms with van der Waals surface area (Å²) in [4.78, 5) is 23.2. The van der Waals surface area contributed by atoms with E-state index in [2.05, 4.69) is 10.6 Å². The number of carbonyl (C=O) groups is 2. The fourth-order valence-corrected chi connectivity index (χ4v) is 2.43. The summed E-state index contributed by atoms with van der Waals surface area (Å²) in [5.74, 6) is -0.766. The van der Waals surface area contributed by atoms with Crippen LogP contribution in [-0.4, -0.2) is 36.4 Å². The number of carbonyl (C=O) groups excluding carboxylic acids is 1. The highest BCUT2D eigenvalue weighted by molar-refractivity contribution is 6.01. The van der Waals surface area contributed by atoms with Crippen LogP contribution in [0.3, 0.4) is 0 Å². The lowest BCUT2D eigenvalue weighted by Crippen LogP contribution is -2.41. The number of carboxylic acid groups (broad SMARTS) is 1. The maximum absolute atomic E-state index is 12.1. The van der Waals surface area contributed by atoms with Gasteiger partial charge in [-0.1, -0.05) is 12.1 Å². The number of hydrogen-bond acceptors (Lipinski definition) is 3. The van der Waals surface area contributed by atoms with Crippen LogP contribution in [0.5, 0.6) is 0 Å². The standard InChI is InChI=1S/C15H20N2O4/c1-9-4-3-5-12(14(18)19)13(9)17-15(20)16-10(2)11-6-7-21-8-11/h3-5,10-11H,6-8H2,1-2H3,(H,18,19)(H2,16,17,20). The Kier molecular flexibility index (Phi) is 4.80. The molecule has 0 aromatic heterocycles. The van der Waals surface area contributed by atoms with E-state index in [0.29, 0.717) is 23.8 Å². The molecule has 2 amide bonds. The summed E-state index contributed by atoms with van der Waals surface area (Å²) in [5, 5.41) is 14.7. The van der Waals surface area contributed by atoms with Crippen LogP contribution in [0, 0.1) is 12.8 Å². The van der Waals surface area contributed by atoms with E-state index in [-0.39, 0.29) is 11.6 Å². The first-order valence-corrected chi connectivity index (χ1v) is 6.97. The van der Waals surface area contributed by atoms with Crippen molar-refractivity contribution < 1.29 is 19.4 Å². The summed E-state index contributed by atoms with van der Waals surface area (Å²) in [6, 6.07) is 4.46. The van der Waals surface area contributed by atoms with Crippen LogP contribution in [-0.2, 0) is 4.74 Å². The lowest BCUT2D eigenvalue weighted by atomic mass is 10.0. The molecular formula is C15H20N2O4. The van der Waals surface area contributed by atoms with Crippen molar-refractivity contribution in [2.75, 3.05) is 18.5 Å². The van der Waals surface area contributed by atoms with E-state index in [1.807, 2.05) is 6.92 Å². The van der Waals surface area contributed by atoms with Crippen LogP contribution in [0.25, 0.3) is 0 Å². The van der Waals surface area contributed by atoms with Gasteiger partial charge in [-0.3, -0.25) is 0 Å². The number of aromatic carboxylic acids is 1. The minimum Gasteiger partial charge on any atom is -0.478 e. The quantitative estimate of drug-likeness (QED) is 0.794. The molecule has 2 atom stereocenters. The topological polar surface area (TPSA) is 87.7 Å². The molecule has 2 unspecified atom stereocenters. The minimum atomic E-state index is -1.06. The Balaban J connectivity index is 2.04. The van der Waals surface area contributed by atoms with E-state index < -0.39 is 12.0 Å². The number of carboxylic acids is 1. The van der Waals surface area contributed by atoms with Crippen LogP contribution >= 0.6 is 0 Å². The number of para-hydroxylation sites is 1. The number of anilines is 1. The van der Waals surface area contributed by atoms with Crippen molar-refractivity contribution in [3.05, 3.63) is 29.3 Å². The van der Waals surface area contributed by atoms with E-state index in [0.717, 1.165) is 13.0 Å². The maximum atomic E-state index is 12.1. The second kappa shape index (κ2) is 6.58. The SMILES string of the molecule is Cc1cccc(C(=O)O)c1NC(=O)NC(C)C1CCOC1. The first-order chi connectivity index (χ1) is 9.99. The Morgan fingerprint density at radius 3 is 2.81 bits per heavy atom. The fourth-order valence-electron chi connectivity index (χ4n) is 2.43. The van der Waals surface area contributed by atoms with E-state index in [9.17, 15) is 9.59 Å². The Labute approximate surface area is 123 Å². The van der Waals surface area contributed by atoms with Gasteiger partial charge in [0.15, 0.2) is 0 Å². The Morgan fingerprint density at radius 1 is 1.43 bits per heavy atom. The number of aryl methyl sites for hydroxylation is 1. The lowest BCUT2D eigenvalue weighted by Gasteiger charge is -2.20. The summed E-state index contributed by atoms with van der Waals surface area (Å²) in [5.41, 5.74) is 1.13. The third-order valence-corrected chi connectivity index (χ3v) is 3.77. The monoisotopic (exact) mass is 292 g/mol. The number of rotatable bonds is 4. The van der Waals surface area contributed by atoms with Crippen LogP contribution in [0.4, 0.5) is 10.5 Å². The van der Waals surface area contributed by atoms with Gasteiger partial charge in [-0.25, -0.2) is 9.59 Å². The van der Waals surface area contributed by atoms with Crippen molar-refractivity contribution in [1.82, 2.24) is 5.32 Å². The molecule has 1 aromatic rings. The van der Waals surface area contributed by atoms with Crippen LogP contribution in [0.15, 0.2) is 18.2 Å². The summed E-state index contributed by atoms with van der Waals surface area (Å²) >= 11 is 0. The number of amides is 2. The Bertz CT molecular complexity index is 538. The molecule has 0 spiro atoms. The Hall–Kier alpha value is -2.08. The van der Waals surface area contributed by atoms with Crippen molar-refractivity contribution in [3.8, 4) is 0 Å². The van der Waals surface area contributed by atoms with Gasteiger partial charge in [0.2, 0.25) is 0 Å². The molecule has 6 nitrogen and oxygen atoms in total. The zero-order chi connectivity index (χ0) is 15.4. The van der Waals surface area contributed by atoms with E-state index in [1.165, 1.54) is 6.07 Å². The fraction of sp³-hybridized carbons (Fsp3) is 0.467. The molecule has 0 bridgehead atoms. The number of ether oxygens (including phenoxy) is 1. The zero-order valence-electron chi connectivity index (χ0n) is 12.2. The zero-order valence-corrected chi connectivity index (χ0v) is 12.2. The first-order valence-electron chi connectivity index (χ1n) is 6.97. The highest BCUT2D eigenvalue weighted by atomic mass is 16.5. The van der Waals surface area contributed by atoms with Gasteiger partial charge in [-0.2, -0.15) is 0 Å². The third kappa shape index (κ3) is 3.72. The van der Waals surface area contributed by atoms with Gasteiger partial charge in [0.25, 0.3) is 0 Å². The van der Waals surface area contributed by atoms with Crippen molar-refractivity contribution in [1.29, 1.82) is 0 Å². The molecule has 1 fully saturated rings. The second-order valence-corrected chi connectivity index (χ2v) is 5.31. The summed E-state index contributed by atoms with van der Waals surface area (Å²) in [6.07, 6.45) is 0.923. The van der Waals surface area contributed by atoms with Gasteiger partial charge in [0, 0.05) is 18.6 Å². The number of benzene rings is 1. The normalized spacial score (nSPS) is 19.0. The molecule has 0 saturated carbocycles. The average molecular weight is 292 g/mol. The molecule has 21 heavy (non-hydrogen) atoms. The molecule has 6 heteroatoms. The van der Waals surface area contributed by atoms with E-state index in [1.54, 1.807) is 19.1 Å². The van der Waals surface area contributed by atoms with Gasteiger partial charge < -0.3 is 20.5 Å². The predicted octanol–water partition coefficient (Wildman–Crippen LogP) is 2.24.